The molecule has 0 aromatic carbocycles. The lowest BCUT2D eigenvalue weighted by Gasteiger charge is -2.17. The first-order valence-corrected chi connectivity index (χ1v) is 6.20. The van der Waals surface area contributed by atoms with Crippen molar-refractivity contribution in [2.75, 3.05) is 18.6 Å². The molecule has 84 valence electrons. The summed E-state index contributed by atoms with van der Waals surface area (Å²) in [6.45, 7) is 1.88. The molecule has 0 aromatic rings. The summed E-state index contributed by atoms with van der Waals surface area (Å²) in [5, 5.41) is 11.6. The Balaban J connectivity index is 3.81. The molecule has 0 aliphatic rings. The van der Waals surface area contributed by atoms with Crippen LogP contribution >= 0.6 is 11.8 Å². The van der Waals surface area contributed by atoms with Gasteiger partial charge in [-0.05, 0) is 24.9 Å². The van der Waals surface area contributed by atoms with Crippen LogP contribution in [0.15, 0.2) is 0 Å². The second kappa shape index (κ2) is 8.08. The van der Waals surface area contributed by atoms with Gasteiger partial charge >= 0.3 is 0 Å². The molecular formula is C9H20N2O2S. The van der Waals surface area contributed by atoms with Gasteiger partial charge in [0.1, 0.15) is 0 Å². The molecule has 0 heterocycles. The van der Waals surface area contributed by atoms with Crippen molar-refractivity contribution in [2.24, 2.45) is 5.73 Å². The lowest BCUT2D eigenvalue weighted by Crippen LogP contribution is -2.46. The minimum Gasteiger partial charge on any atom is -0.394 e. The van der Waals surface area contributed by atoms with Crippen molar-refractivity contribution < 1.29 is 9.90 Å². The van der Waals surface area contributed by atoms with E-state index in [0.717, 1.165) is 12.2 Å². The lowest BCUT2D eigenvalue weighted by molar-refractivity contribution is -0.123. The van der Waals surface area contributed by atoms with Gasteiger partial charge in [0.2, 0.25) is 5.91 Å². The fourth-order valence-corrected chi connectivity index (χ4v) is 1.45. The second-order valence-electron chi connectivity index (χ2n) is 3.18. The third kappa shape index (κ3) is 5.47. The van der Waals surface area contributed by atoms with E-state index in [0.29, 0.717) is 6.42 Å². The molecule has 0 fully saturated rings. The summed E-state index contributed by atoms with van der Waals surface area (Å²) in [4.78, 5) is 11.4. The molecule has 0 spiro atoms. The Bertz CT molecular complexity index is 163. The van der Waals surface area contributed by atoms with E-state index in [2.05, 4.69) is 5.32 Å². The highest BCUT2D eigenvalue weighted by atomic mass is 32.2. The van der Waals surface area contributed by atoms with E-state index in [1.807, 2.05) is 13.2 Å². The molecule has 14 heavy (non-hydrogen) atoms. The quantitative estimate of drug-likeness (QED) is 0.562. The van der Waals surface area contributed by atoms with Crippen molar-refractivity contribution in [3.05, 3.63) is 0 Å². The van der Waals surface area contributed by atoms with E-state index in [1.165, 1.54) is 0 Å². The number of rotatable bonds is 7. The SMILES string of the molecule is CCC(CO)NC(=O)[C@@H](N)CCSC. The van der Waals surface area contributed by atoms with E-state index in [9.17, 15) is 4.79 Å². The fraction of sp³-hybridized carbons (Fsp3) is 0.889. The highest BCUT2D eigenvalue weighted by molar-refractivity contribution is 7.98. The van der Waals surface area contributed by atoms with Gasteiger partial charge in [0, 0.05) is 0 Å². The number of aliphatic hydroxyl groups excluding tert-OH is 1. The first-order valence-electron chi connectivity index (χ1n) is 4.81. The number of carbonyl (C=O) groups is 1. The van der Waals surface area contributed by atoms with Crippen LogP contribution in [0.5, 0.6) is 0 Å². The van der Waals surface area contributed by atoms with Gasteiger partial charge in [-0.1, -0.05) is 6.92 Å². The van der Waals surface area contributed by atoms with Gasteiger partial charge in [0.15, 0.2) is 0 Å². The summed E-state index contributed by atoms with van der Waals surface area (Å²) in [6, 6.07) is -0.620. The average molecular weight is 220 g/mol. The molecule has 0 aromatic heterocycles. The third-order valence-electron chi connectivity index (χ3n) is 2.03. The van der Waals surface area contributed by atoms with Crippen molar-refractivity contribution in [2.45, 2.75) is 31.8 Å². The fourth-order valence-electron chi connectivity index (χ4n) is 0.961. The van der Waals surface area contributed by atoms with Crippen molar-refractivity contribution in [3.8, 4) is 0 Å². The van der Waals surface area contributed by atoms with E-state index < -0.39 is 6.04 Å². The highest BCUT2D eigenvalue weighted by Crippen LogP contribution is 1.99. The molecule has 0 radical (unpaired) electrons. The van der Waals surface area contributed by atoms with Crippen molar-refractivity contribution in [1.29, 1.82) is 0 Å². The number of nitrogens with two attached hydrogens (primary N) is 1. The van der Waals surface area contributed by atoms with Crippen LogP contribution in [0.3, 0.4) is 0 Å². The maximum absolute atomic E-state index is 11.4. The minimum atomic E-state index is -0.456. The molecule has 0 aliphatic heterocycles. The molecule has 4 N–H and O–H groups in total. The summed E-state index contributed by atoms with van der Waals surface area (Å²) in [7, 11) is 0. The van der Waals surface area contributed by atoms with E-state index >= 15 is 0 Å². The Morgan fingerprint density at radius 1 is 1.64 bits per heavy atom. The number of hydrogen-bond donors (Lipinski definition) is 3. The molecule has 1 amide bonds. The van der Waals surface area contributed by atoms with Crippen LogP contribution in [0.25, 0.3) is 0 Å². The largest absolute Gasteiger partial charge is 0.394 e. The Morgan fingerprint density at radius 2 is 2.29 bits per heavy atom. The van der Waals surface area contributed by atoms with Crippen LogP contribution < -0.4 is 11.1 Å². The standard InChI is InChI=1S/C9H20N2O2S/c1-3-7(6-12)11-9(13)8(10)4-5-14-2/h7-8,12H,3-6,10H2,1-2H3,(H,11,13)/t7?,8-/m0/s1. The topological polar surface area (TPSA) is 75.3 Å². The molecular weight excluding hydrogens is 200 g/mol. The normalized spacial score (nSPS) is 14.9. The highest BCUT2D eigenvalue weighted by Gasteiger charge is 2.15. The van der Waals surface area contributed by atoms with Gasteiger partial charge in [0.05, 0.1) is 18.7 Å². The zero-order chi connectivity index (χ0) is 11.0. The van der Waals surface area contributed by atoms with Crippen LogP contribution in [0, 0.1) is 0 Å². The molecule has 0 bridgehead atoms. The molecule has 0 saturated heterocycles. The van der Waals surface area contributed by atoms with Crippen LogP contribution in [0.2, 0.25) is 0 Å². The van der Waals surface area contributed by atoms with Gasteiger partial charge in [-0.15, -0.1) is 0 Å². The Labute approximate surface area is 89.6 Å². The maximum atomic E-state index is 11.4. The van der Waals surface area contributed by atoms with Gasteiger partial charge < -0.3 is 16.2 Å². The lowest BCUT2D eigenvalue weighted by atomic mass is 10.2. The monoisotopic (exact) mass is 220 g/mol. The first-order chi connectivity index (χ1) is 6.65. The summed E-state index contributed by atoms with van der Waals surface area (Å²) >= 11 is 1.67. The van der Waals surface area contributed by atoms with Crippen molar-refractivity contribution in [3.63, 3.8) is 0 Å². The van der Waals surface area contributed by atoms with Crippen LogP contribution in [0.4, 0.5) is 0 Å². The van der Waals surface area contributed by atoms with Crippen LogP contribution in [-0.4, -0.2) is 41.7 Å². The molecule has 4 nitrogen and oxygen atoms in total. The van der Waals surface area contributed by atoms with Gasteiger partial charge in [-0.25, -0.2) is 0 Å². The smallest absolute Gasteiger partial charge is 0.237 e. The van der Waals surface area contributed by atoms with Crippen molar-refractivity contribution >= 4 is 17.7 Å². The molecule has 0 aliphatic carbocycles. The first kappa shape index (κ1) is 13.7. The van der Waals surface area contributed by atoms with E-state index in [-0.39, 0.29) is 18.6 Å². The minimum absolute atomic E-state index is 0.0303. The number of hydrogen-bond acceptors (Lipinski definition) is 4. The van der Waals surface area contributed by atoms with E-state index in [1.54, 1.807) is 11.8 Å². The third-order valence-corrected chi connectivity index (χ3v) is 2.67. The Kier molecular flexibility index (Phi) is 7.93. The zero-order valence-corrected chi connectivity index (χ0v) is 9.64. The molecule has 5 heteroatoms. The molecule has 1 unspecified atom stereocenters. The second-order valence-corrected chi connectivity index (χ2v) is 4.17. The Morgan fingerprint density at radius 3 is 2.71 bits per heavy atom. The van der Waals surface area contributed by atoms with Gasteiger partial charge in [0.25, 0.3) is 0 Å². The van der Waals surface area contributed by atoms with Gasteiger partial charge in [-0.3, -0.25) is 4.79 Å². The maximum Gasteiger partial charge on any atom is 0.237 e. The summed E-state index contributed by atoms with van der Waals surface area (Å²) in [5.41, 5.74) is 5.65. The molecule has 2 atom stereocenters. The number of carbonyl (C=O) groups excluding carboxylic acids is 1. The van der Waals surface area contributed by atoms with Crippen molar-refractivity contribution in [1.82, 2.24) is 5.32 Å². The predicted octanol–water partition coefficient (Wildman–Crippen LogP) is -0.0461. The van der Waals surface area contributed by atoms with E-state index in [4.69, 9.17) is 10.8 Å². The van der Waals surface area contributed by atoms with Crippen LogP contribution in [-0.2, 0) is 4.79 Å². The number of nitrogens with one attached hydrogen (secondary N) is 1. The number of aliphatic hydroxyl groups is 1. The van der Waals surface area contributed by atoms with Gasteiger partial charge in [-0.2, -0.15) is 11.8 Å². The summed E-state index contributed by atoms with van der Waals surface area (Å²) in [6.07, 6.45) is 3.37. The molecule has 0 saturated carbocycles. The number of thioether (sulfide) groups is 1. The summed E-state index contributed by atoms with van der Waals surface area (Å²) in [5.74, 6) is 0.713. The molecule has 0 rings (SSSR count). The Hall–Kier alpha value is -0.260. The predicted molar refractivity (Wildman–Crippen MR) is 60.3 cm³/mol. The van der Waals surface area contributed by atoms with Crippen LogP contribution in [0.1, 0.15) is 19.8 Å². The number of amides is 1. The average Bonchev–Trinajstić information content (AvgIpc) is 2.21. The zero-order valence-electron chi connectivity index (χ0n) is 8.82. The summed E-state index contributed by atoms with van der Waals surface area (Å²) < 4.78 is 0.